The summed E-state index contributed by atoms with van der Waals surface area (Å²) in [5.74, 6) is 0.300. The van der Waals surface area contributed by atoms with Crippen molar-refractivity contribution in [3.8, 4) is 22.3 Å². The van der Waals surface area contributed by atoms with Gasteiger partial charge in [0.15, 0.2) is 0 Å². The number of hydrogen-bond donors (Lipinski definition) is 3. The number of hydrogen-bond acceptors (Lipinski definition) is 5. The Kier molecular flexibility index (Phi) is 7.01. The van der Waals surface area contributed by atoms with Gasteiger partial charge in [-0.1, -0.05) is 44.7 Å². The van der Waals surface area contributed by atoms with E-state index in [-0.39, 0.29) is 11.8 Å². The zero-order valence-electron chi connectivity index (χ0n) is 21.9. The molecule has 0 saturated heterocycles. The standard InChI is InChI=1S/C31H28N6O2/c1-5-28(38)36-24-8-6-7-20(12-24)23-13-25-26(17-35-30(25)34-16-23)21-9-10-27(32-14-21)31(39)37-29-19(4)11-22(15-33-29)18(2)3/h5-18H,1H2,2-4H3,(H,34,35)(H,36,38)(H,33,37,39). The van der Waals surface area contributed by atoms with Gasteiger partial charge in [0.25, 0.3) is 5.91 Å². The van der Waals surface area contributed by atoms with E-state index in [4.69, 9.17) is 0 Å². The van der Waals surface area contributed by atoms with Gasteiger partial charge in [0.05, 0.1) is 0 Å². The molecule has 4 heterocycles. The van der Waals surface area contributed by atoms with Crippen LogP contribution >= 0.6 is 0 Å². The Balaban J connectivity index is 1.38. The molecule has 3 N–H and O–H groups in total. The molecule has 0 fully saturated rings. The van der Waals surface area contributed by atoms with Crippen LogP contribution in [0.3, 0.4) is 0 Å². The van der Waals surface area contributed by atoms with E-state index in [9.17, 15) is 9.59 Å². The van der Waals surface area contributed by atoms with Gasteiger partial charge in [-0.3, -0.25) is 14.6 Å². The fourth-order valence-electron chi connectivity index (χ4n) is 4.27. The van der Waals surface area contributed by atoms with Gasteiger partial charge in [0.1, 0.15) is 17.2 Å². The molecule has 4 aromatic heterocycles. The molecule has 2 amide bonds. The molecule has 8 heteroatoms. The molecular formula is C31H28N6O2. The monoisotopic (exact) mass is 516 g/mol. The number of H-pyrrole nitrogens is 1. The van der Waals surface area contributed by atoms with Crippen molar-refractivity contribution >= 4 is 34.4 Å². The van der Waals surface area contributed by atoms with Gasteiger partial charge < -0.3 is 15.6 Å². The van der Waals surface area contributed by atoms with Crippen molar-refractivity contribution in [2.45, 2.75) is 26.7 Å². The minimum atomic E-state index is -0.319. The number of nitrogens with zero attached hydrogens (tertiary/aromatic N) is 3. The molecule has 1 aromatic carbocycles. The summed E-state index contributed by atoms with van der Waals surface area (Å²) < 4.78 is 0. The van der Waals surface area contributed by atoms with E-state index in [0.717, 1.165) is 44.4 Å². The lowest BCUT2D eigenvalue weighted by atomic mass is 10.0. The second-order valence-electron chi connectivity index (χ2n) is 9.57. The summed E-state index contributed by atoms with van der Waals surface area (Å²) in [7, 11) is 0. The van der Waals surface area contributed by atoms with Crippen molar-refractivity contribution in [3.05, 3.63) is 103 Å². The number of aromatic amines is 1. The highest BCUT2D eigenvalue weighted by Crippen LogP contribution is 2.31. The molecular weight excluding hydrogens is 488 g/mol. The molecule has 0 aliphatic heterocycles. The number of aromatic nitrogens is 4. The van der Waals surface area contributed by atoms with Crippen molar-refractivity contribution in [3.63, 3.8) is 0 Å². The summed E-state index contributed by atoms with van der Waals surface area (Å²) in [6, 6.07) is 15.2. The Labute approximate surface area is 226 Å². The summed E-state index contributed by atoms with van der Waals surface area (Å²) in [6.45, 7) is 9.63. The van der Waals surface area contributed by atoms with Crippen LogP contribution in [-0.4, -0.2) is 31.8 Å². The number of aryl methyl sites for hydroxylation is 1. The van der Waals surface area contributed by atoms with Crippen LogP contribution in [0, 0.1) is 6.92 Å². The van der Waals surface area contributed by atoms with E-state index in [1.165, 1.54) is 6.08 Å². The van der Waals surface area contributed by atoms with Crippen molar-refractivity contribution in [2.75, 3.05) is 10.6 Å². The average Bonchev–Trinajstić information content (AvgIpc) is 3.37. The Morgan fingerprint density at radius 3 is 2.46 bits per heavy atom. The average molecular weight is 517 g/mol. The highest BCUT2D eigenvalue weighted by atomic mass is 16.2. The summed E-state index contributed by atoms with van der Waals surface area (Å²) in [4.78, 5) is 41.2. The van der Waals surface area contributed by atoms with E-state index in [2.05, 4.69) is 51.0 Å². The molecule has 5 aromatic rings. The fourth-order valence-corrected chi connectivity index (χ4v) is 4.27. The molecule has 0 spiro atoms. The SMILES string of the molecule is C=CC(=O)Nc1cccc(-c2cnc3[nH]cc(-c4ccc(C(=O)Nc5ncc(C(C)C)cc5C)nc4)c3c2)c1. The predicted octanol–water partition coefficient (Wildman–Crippen LogP) is 6.50. The second-order valence-corrected chi connectivity index (χ2v) is 9.57. The third-order valence-corrected chi connectivity index (χ3v) is 6.49. The second kappa shape index (κ2) is 10.7. The van der Waals surface area contributed by atoms with Gasteiger partial charge in [-0.15, -0.1) is 0 Å². The maximum absolute atomic E-state index is 12.8. The normalized spacial score (nSPS) is 11.0. The number of fused-ring (bicyclic) bond motifs is 1. The molecule has 39 heavy (non-hydrogen) atoms. The van der Waals surface area contributed by atoms with Gasteiger partial charge in [0, 0.05) is 52.6 Å². The van der Waals surface area contributed by atoms with Crippen LogP contribution in [0.15, 0.2) is 86.0 Å². The molecule has 194 valence electrons. The van der Waals surface area contributed by atoms with Crippen molar-refractivity contribution in [2.24, 2.45) is 0 Å². The topological polar surface area (TPSA) is 113 Å². The highest BCUT2D eigenvalue weighted by molar-refractivity contribution is 6.03. The first-order valence-corrected chi connectivity index (χ1v) is 12.6. The van der Waals surface area contributed by atoms with Crippen molar-refractivity contribution < 1.29 is 9.59 Å². The summed E-state index contributed by atoms with van der Waals surface area (Å²) in [6.07, 6.45) is 8.36. The molecule has 0 aliphatic rings. The van der Waals surface area contributed by atoms with E-state index >= 15 is 0 Å². The summed E-state index contributed by atoms with van der Waals surface area (Å²) in [5.41, 5.74) is 7.30. The van der Waals surface area contributed by atoms with E-state index in [0.29, 0.717) is 23.1 Å². The quantitative estimate of drug-likeness (QED) is 0.214. The van der Waals surface area contributed by atoms with Crippen molar-refractivity contribution in [1.29, 1.82) is 0 Å². The molecule has 0 saturated carbocycles. The largest absolute Gasteiger partial charge is 0.346 e. The van der Waals surface area contributed by atoms with Crippen LogP contribution < -0.4 is 10.6 Å². The maximum Gasteiger partial charge on any atom is 0.275 e. The molecule has 0 bridgehead atoms. The number of nitrogens with one attached hydrogen (secondary N) is 3. The van der Waals surface area contributed by atoms with Gasteiger partial charge in [-0.25, -0.2) is 9.97 Å². The number of benzene rings is 1. The zero-order chi connectivity index (χ0) is 27.5. The van der Waals surface area contributed by atoms with Crippen molar-refractivity contribution in [1.82, 2.24) is 19.9 Å². The van der Waals surface area contributed by atoms with Crippen LogP contribution in [0.4, 0.5) is 11.5 Å². The van der Waals surface area contributed by atoms with Gasteiger partial charge >= 0.3 is 0 Å². The lowest BCUT2D eigenvalue weighted by Crippen LogP contribution is -2.15. The number of rotatable bonds is 7. The van der Waals surface area contributed by atoms with Gasteiger partial charge in [-0.2, -0.15) is 0 Å². The molecule has 5 rings (SSSR count). The zero-order valence-corrected chi connectivity index (χ0v) is 21.9. The fraction of sp³-hybridized carbons (Fsp3) is 0.129. The number of anilines is 2. The van der Waals surface area contributed by atoms with E-state index < -0.39 is 0 Å². The number of amides is 2. The van der Waals surface area contributed by atoms with Crippen LogP contribution in [0.5, 0.6) is 0 Å². The number of carbonyl (C=O) groups excluding carboxylic acids is 2. The van der Waals surface area contributed by atoms with Crippen LogP contribution in [0.1, 0.15) is 41.4 Å². The minimum Gasteiger partial charge on any atom is -0.346 e. The third kappa shape index (κ3) is 5.45. The van der Waals surface area contributed by atoms with E-state index in [1.807, 2.05) is 55.6 Å². The molecule has 8 nitrogen and oxygen atoms in total. The first-order chi connectivity index (χ1) is 18.8. The Bertz CT molecular complexity index is 1700. The predicted molar refractivity (Wildman–Crippen MR) is 155 cm³/mol. The van der Waals surface area contributed by atoms with Crippen LogP contribution in [-0.2, 0) is 4.79 Å². The number of carbonyl (C=O) groups is 2. The van der Waals surface area contributed by atoms with Crippen LogP contribution in [0.2, 0.25) is 0 Å². The minimum absolute atomic E-state index is 0.270. The molecule has 0 unspecified atom stereocenters. The van der Waals surface area contributed by atoms with Crippen LogP contribution in [0.25, 0.3) is 33.3 Å². The summed E-state index contributed by atoms with van der Waals surface area (Å²) >= 11 is 0. The molecule has 0 radical (unpaired) electrons. The Morgan fingerprint density at radius 1 is 0.923 bits per heavy atom. The van der Waals surface area contributed by atoms with E-state index in [1.54, 1.807) is 24.7 Å². The first kappa shape index (κ1) is 25.5. The lowest BCUT2D eigenvalue weighted by Gasteiger charge is -2.11. The summed E-state index contributed by atoms with van der Waals surface area (Å²) in [5, 5.41) is 6.56. The maximum atomic E-state index is 12.8. The Hall–Kier alpha value is -5.11. The van der Waals surface area contributed by atoms with Gasteiger partial charge in [0.2, 0.25) is 5.91 Å². The smallest absolute Gasteiger partial charge is 0.275 e. The first-order valence-electron chi connectivity index (χ1n) is 12.6. The Morgan fingerprint density at radius 2 is 1.74 bits per heavy atom. The molecule has 0 aliphatic carbocycles. The van der Waals surface area contributed by atoms with Gasteiger partial charge in [-0.05, 0) is 59.9 Å². The molecule has 0 atom stereocenters. The third-order valence-electron chi connectivity index (χ3n) is 6.49. The highest BCUT2D eigenvalue weighted by Gasteiger charge is 2.14. The lowest BCUT2D eigenvalue weighted by molar-refractivity contribution is -0.111. The number of pyridine rings is 3.